The monoisotopic (exact) mass is 899 g/mol. The number of amides is 2. The minimum absolute atomic E-state index is 0.159. The van der Waals surface area contributed by atoms with E-state index in [2.05, 4.69) is 12.2 Å². The maximum atomic E-state index is 14.2. The van der Waals surface area contributed by atoms with E-state index < -0.39 is 105 Å². The minimum Gasteiger partial charge on any atom is -0.503 e. The topological polar surface area (TPSA) is 233 Å². The molecule has 2 saturated carbocycles. The number of rotatable bonds is 21. The summed E-state index contributed by atoms with van der Waals surface area (Å²) in [6.07, 6.45) is 14.1. The van der Waals surface area contributed by atoms with Gasteiger partial charge in [-0.3, -0.25) is 9.59 Å². The first kappa shape index (κ1) is 49.2. The summed E-state index contributed by atoms with van der Waals surface area (Å²) in [5.74, 6) is -7.77. The number of phenols is 1. The number of halogens is 2. The van der Waals surface area contributed by atoms with Crippen molar-refractivity contribution in [2.75, 3.05) is 26.2 Å². The summed E-state index contributed by atoms with van der Waals surface area (Å²) >= 11 is 0. The maximum absolute atomic E-state index is 14.2. The Morgan fingerprint density at radius 3 is 2.14 bits per heavy atom. The summed E-state index contributed by atoms with van der Waals surface area (Å²) in [5.41, 5.74) is -1.01. The smallest absolute Gasteiger partial charge is 0.410 e. The van der Waals surface area contributed by atoms with E-state index in [0.29, 0.717) is 31.6 Å². The number of aliphatic hydroxyl groups excluding tert-OH is 2. The molecule has 0 radical (unpaired) electrons. The zero-order valence-corrected chi connectivity index (χ0v) is 37.6. The van der Waals surface area contributed by atoms with Crippen LogP contribution in [0, 0.1) is 34.8 Å². The summed E-state index contributed by atoms with van der Waals surface area (Å²) in [5, 5.41) is 58.6. The van der Waals surface area contributed by atoms with Gasteiger partial charge in [0.2, 0.25) is 5.82 Å². The number of benzene rings is 1. The van der Waals surface area contributed by atoms with Crippen LogP contribution in [0.3, 0.4) is 0 Å². The Balaban J connectivity index is 0.948. The number of nitrogens with zero attached hydrogens (tertiary/aromatic N) is 1. The highest BCUT2D eigenvalue weighted by Gasteiger charge is 2.87. The summed E-state index contributed by atoms with van der Waals surface area (Å²) in [6, 6.07) is 0.432. The van der Waals surface area contributed by atoms with Crippen LogP contribution in [0.5, 0.6) is 5.75 Å². The van der Waals surface area contributed by atoms with E-state index in [4.69, 9.17) is 14.9 Å². The molecule has 0 spiro atoms. The molecule has 8 atom stereocenters. The molecule has 2 aromatic rings. The second kappa shape index (κ2) is 19.7. The molecular formula is C48H67F2N3O11. The lowest BCUT2D eigenvalue weighted by atomic mass is 9.61. The number of aliphatic hydroxyl groups is 4. The number of carbonyl (C=O) groups excluding carboxylic acids is 3. The van der Waals surface area contributed by atoms with E-state index in [1.54, 1.807) is 17.9 Å². The Hall–Kier alpha value is -4.22. The van der Waals surface area contributed by atoms with Gasteiger partial charge in [0.15, 0.2) is 28.5 Å². The average Bonchev–Trinajstić information content (AvgIpc) is 3.69. The van der Waals surface area contributed by atoms with Crippen LogP contribution in [0.4, 0.5) is 13.6 Å². The summed E-state index contributed by atoms with van der Waals surface area (Å²) < 4.78 is 39.1. The number of phenolic OH excluding ortho intramolecular Hbond substituents is 1. The van der Waals surface area contributed by atoms with Crippen LogP contribution >= 0.6 is 0 Å². The third kappa shape index (κ3) is 8.89. The zero-order chi connectivity index (χ0) is 46.8. The number of fused-ring (bicyclic) bond motifs is 6. The molecule has 14 nitrogen and oxygen atoms in total. The molecule has 8 N–H and O–H groups in total. The molecule has 6 rings (SSSR count). The predicted molar refractivity (Wildman–Crippen MR) is 234 cm³/mol. The van der Waals surface area contributed by atoms with Crippen molar-refractivity contribution in [3.63, 3.8) is 0 Å². The second-order valence-electron chi connectivity index (χ2n) is 19.2. The Morgan fingerprint density at radius 1 is 0.938 bits per heavy atom. The van der Waals surface area contributed by atoms with Crippen LogP contribution < -0.4 is 16.7 Å². The molecule has 2 fully saturated rings. The van der Waals surface area contributed by atoms with Gasteiger partial charge in [0, 0.05) is 54.6 Å². The molecule has 1 aromatic carbocycles. The fourth-order valence-electron chi connectivity index (χ4n) is 11.1. The first-order valence-electron chi connectivity index (χ1n) is 23.2. The fraction of sp³-hybridized carbons (Fsp3) is 0.667. The van der Waals surface area contributed by atoms with E-state index in [1.807, 2.05) is 13.8 Å². The van der Waals surface area contributed by atoms with Gasteiger partial charge in [-0.2, -0.15) is 4.39 Å². The van der Waals surface area contributed by atoms with E-state index in [1.165, 1.54) is 6.08 Å². The molecule has 0 saturated heterocycles. The predicted octanol–water partition coefficient (Wildman–Crippen LogP) is 6.07. The van der Waals surface area contributed by atoms with E-state index in [0.717, 1.165) is 95.6 Å². The third-order valence-corrected chi connectivity index (χ3v) is 14.7. The molecule has 0 bridgehead atoms. The Bertz CT molecular complexity index is 2190. The highest BCUT2D eigenvalue weighted by Crippen LogP contribution is 2.75. The van der Waals surface area contributed by atoms with Gasteiger partial charge in [-0.05, 0) is 49.5 Å². The Morgan fingerprint density at radius 2 is 1.53 bits per heavy atom. The van der Waals surface area contributed by atoms with Crippen molar-refractivity contribution in [3.8, 4) is 5.75 Å². The number of hydrogen-bond acceptors (Lipinski definition) is 12. The minimum atomic E-state index is -2.04. The Labute approximate surface area is 372 Å². The molecule has 4 aliphatic carbocycles. The van der Waals surface area contributed by atoms with Gasteiger partial charge in [0.1, 0.15) is 17.3 Å². The number of ketones is 1. The van der Waals surface area contributed by atoms with E-state index in [-0.39, 0.29) is 22.9 Å². The van der Waals surface area contributed by atoms with Gasteiger partial charge >= 0.3 is 11.7 Å². The van der Waals surface area contributed by atoms with Crippen LogP contribution in [0.1, 0.15) is 134 Å². The molecule has 64 heavy (non-hydrogen) atoms. The lowest BCUT2D eigenvalue weighted by Crippen LogP contribution is -2.72. The van der Waals surface area contributed by atoms with E-state index >= 15 is 0 Å². The van der Waals surface area contributed by atoms with Crippen molar-refractivity contribution >= 4 is 28.8 Å². The van der Waals surface area contributed by atoms with E-state index in [9.17, 15) is 53.5 Å². The lowest BCUT2D eigenvalue weighted by Gasteiger charge is -2.52. The van der Waals surface area contributed by atoms with Gasteiger partial charge in [-0.15, -0.1) is 0 Å². The molecule has 1 heterocycles. The molecule has 4 aliphatic rings. The highest BCUT2D eigenvalue weighted by molar-refractivity contribution is 6.05. The summed E-state index contributed by atoms with van der Waals surface area (Å²) in [4.78, 5) is 54.0. The normalized spacial score (nSPS) is 29.0. The standard InChI is InChI=1S/C48H67F2N3O11/c1-5-6-7-17-20-53(21-18-15-13-11-9-8-10-12-14-16-19-52-42(58)31-24-30-25-33(49)36(55)35(50)37(30)63-43(31)59)44(60)64-48-38(45(48,3)4)32-23-29(27-54)26-46(61)34(22-28(2)40(46)56)47(32,62)39(51)41(48)57/h22-25,32,34,38-39,41,54-55,57,61-62H,5-21,26-27,51H2,1-4H3,(H,52,58)/t32-,34+,38+,39+,41+,46+,47+,48+/m0/s1. The van der Waals surface area contributed by atoms with Crippen molar-refractivity contribution in [2.24, 2.45) is 28.9 Å². The van der Waals surface area contributed by atoms with Gasteiger partial charge in [0.05, 0.1) is 18.2 Å². The number of carbonyl (C=O) groups is 3. The highest BCUT2D eigenvalue weighted by atomic mass is 19.1. The SMILES string of the molecule is CCCCCCN(CCCCCCCCCCCCNC(=O)c1cc2cc(F)c(O)c(F)c2oc1=O)C(=O)O[C@@]12[C@H](O)[C@@H](N)[C@@]3(O)[C@@H](C=C(CO)C[C@]4(O)C(=O)C(C)=C[C@@H]34)[C@@H]1C2(C)C. The molecule has 2 amide bonds. The number of unbranched alkanes of at least 4 members (excludes halogenated alkanes) is 12. The first-order chi connectivity index (χ1) is 30.3. The van der Waals surface area contributed by atoms with Gasteiger partial charge < -0.3 is 50.6 Å². The summed E-state index contributed by atoms with van der Waals surface area (Å²) in [6.45, 7) is 8.23. The second-order valence-corrected chi connectivity index (χ2v) is 19.2. The van der Waals surface area contributed by atoms with Crippen molar-refractivity contribution in [2.45, 2.75) is 153 Å². The largest absolute Gasteiger partial charge is 0.503 e. The number of nitrogens with two attached hydrogens (primary N) is 1. The number of ether oxygens (including phenoxy) is 1. The van der Waals surface area contributed by atoms with Gasteiger partial charge in [-0.1, -0.05) is 104 Å². The molecule has 0 unspecified atom stereocenters. The van der Waals surface area contributed by atoms with Crippen LogP contribution in [-0.2, 0) is 9.53 Å². The van der Waals surface area contributed by atoms with Gasteiger partial charge in [-0.25, -0.2) is 14.0 Å². The number of aromatic hydroxyl groups is 1. The molecule has 354 valence electrons. The zero-order valence-electron chi connectivity index (χ0n) is 37.6. The van der Waals surface area contributed by atoms with Crippen LogP contribution in [0.15, 0.2) is 44.6 Å². The maximum Gasteiger partial charge on any atom is 0.410 e. The molecular weight excluding hydrogens is 833 g/mol. The molecule has 16 heteroatoms. The average molecular weight is 900 g/mol. The van der Waals surface area contributed by atoms with Crippen LogP contribution in [-0.4, -0.2) is 103 Å². The lowest BCUT2D eigenvalue weighted by molar-refractivity contribution is -0.191. The summed E-state index contributed by atoms with van der Waals surface area (Å²) in [7, 11) is 0. The first-order valence-corrected chi connectivity index (χ1v) is 23.2. The van der Waals surface area contributed by atoms with Crippen molar-refractivity contribution < 1.29 is 57.9 Å². The van der Waals surface area contributed by atoms with Crippen LogP contribution in [0.2, 0.25) is 0 Å². The third-order valence-electron chi connectivity index (χ3n) is 14.7. The van der Waals surface area contributed by atoms with Crippen molar-refractivity contribution in [1.29, 1.82) is 0 Å². The van der Waals surface area contributed by atoms with Crippen molar-refractivity contribution in [1.82, 2.24) is 10.2 Å². The van der Waals surface area contributed by atoms with Crippen molar-refractivity contribution in [3.05, 3.63) is 63.0 Å². The molecule has 1 aromatic heterocycles. The number of Topliss-reactive ketones (excluding diaryl/α,β-unsaturated/α-hetero) is 1. The fourth-order valence-corrected chi connectivity index (χ4v) is 11.1. The number of nitrogens with one attached hydrogen (secondary N) is 1. The molecule has 0 aliphatic heterocycles. The van der Waals surface area contributed by atoms with Crippen LogP contribution in [0.25, 0.3) is 11.0 Å². The Kier molecular flexibility index (Phi) is 15.2. The quantitative estimate of drug-likeness (QED) is 0.0430. The van der Waals surface area contributed by atoms with Gasteiger partial charge in [0.25, 0.3) is 5.91 Å². The number of hydrogen-bond donors (Lipinski definition) is 7.